The number of carbonyl (C=O) groups is 1. The maximum absolute atomic E-state index is 12.4. The summed E-state index contributed by atoms with van der Waals surface area (Å²) in [5.74, 6) is -0.0455. The number of rotatable bonds is 6. The molecule has 9 heteroatoms. The van der Waals surface area contributed by atoms with Crippen LogP contribution in [0.1, 0.15) is 10.4 Å². The van der Waals surface area contributed by atoms with Gasteiger partial charge in [0.05, 0.1) is 9.26 Å². The lowest BCUT2D eigenvalue weighted by Crippen LogP contribution is -2.49. The number of nitro benzene ring substituents is 1. The number of hydrogen-bond acceptors (Lipinski definition) is 6. The van der Waals surface area contributed by atoms with E-state index in [9.17, 15) is 14.9 Å². The van der Waals surface area contributed by atoms with Crippen LogP contribution >= 0.6 is 22.9 Å². The molecule has 0 saturated carbocycles. The van der Waals surface area contributed by atoms with E-state index < -0.39 is 4.92 Å². The normalized spacial score (nSPS) is 15.0. The first kappa shape index (κ1) is 19.6. The molecule has 0 unspecified atom stereocenters. The summed E-state index contributed by atoms with van der Waals surface area (Å²) in [5, 5.41) is 11.1. The average Bonchev–Trinajstić information content (AvgIpc) is 3.05. The molecule has 1 fully saturated rings. The van der Waals surface area contributed by atoms with Crippen LogP contribution in [-0.2, 0) is 11.3 Å². The highest BCUT2D eigenvalue weighted by atomic mass is 35.5. The Morgan fingerprint density at radius 3 is 2.63 bits per heavy atom. The molecule has 1 aliphatic heterocycles. The summed E-state index contributed by atoms with van der Waals surface area (Å²) in [4.78, 5) is 28.2. The van der Waals surface area contributed by atoms with Crippen LogP contribution in [0.4, 0.5) is 5.69 Å². The third-order valence-electron chi connectivity index (χ3n) is 4.40. The van der Waals surface area contributed by atoms with E-state index in [1.807, 2.05) is 12.1 Å². The van der Waals surface area contributed by atoms with Crippen molar-refractivity contribution in [2.75, 3.05) is 32.8 Å². The zero-order valence-electron chi connectivity index (χ0n) is 14.9. The number of halogens is 1. The first-order valence-corrected chi connectivity index (χ1v) is 9.74. The standard InChI is InChI=1S/C18H20ClN3O4S/c1-13-2-4-16(15(10-13)22(24)25)26-12-18(23)21-8-6-20(7-9-21)11-14-3-5-17(19)27-14/h2-5,10H,6-9,11-12H2,1H3. The van der Waals surface area contributed by atoms with E-state index in [0.717, 1.165) is 29.5 Å². The van der Waals surface area contributed by atoms with Gasteiger partial charge in [-0.1, -0.05) is 17.7 Å². The molecule has 1 saturated heterocycles. The van der Waals surface area contributed by atoms with E-state index in [1.165, 1.54) is 17.0 Å². The number of thiophene rings is 1. The number of nitrogens with zero attached hydrogens (tertiary/aromatic N) is 3. The van der Waals surface area contributed by atoms with Gasteiger partial charge in [-0.25, -0.2) is 0 Å². The molecule has 0 bridgehead atoms. The molecule has 7 nitrogen and oxygen atoms in total. The highest BCUT2D eigenvalue weighted by Gasteiger charge is 2.23. The van der Waals surface area contributed by atoms with Crippen molar-refractivity contribution in [1.82, 2.24) is 9.80 Å². The minimum atomic E-state index is -0.498. The molecule has 3 rings (SSSR count). The molecule has 0 atom stereocenters. The highest BCUT2D eigenvalue weighted by Crippen LogP contribution is 2.28. The van der Waals surface area contributed by atoms with Gasteiger partial charge in [0.25, 0.3) is 5.91 Å². The number of hydrogen-bond donors (Lipinski definition) is 0. The van der Waals surface area contributed by atoms with Crippen molar-refractivity contribution in [3.05, 3.63) is 55.2 Å². The van der Waals surface area contributed by atoms with Gasteiger partial charge in [-0.3, -0.25) is 19.8 Å². The predicted octanol–water partition coefficient (Wildman–Crippen LogP) is 3.34. The maximum Gasteiger partial charge on any atom is 0.311 e. The van der Waals surface area contributed by atoms with E-state index in [-0.39, 0.29) is 24.0 Å². The quantitative estimate of drug-likeness (QED) is 0.540. The Labute approximate surface area is 166 Å². The van der Waals surface area contributed by atoms with Gasteiger partial charge in [-0.2, -0.15) is 0 Å². The van der Waals surface area contributed by atoms with Crippen molar-refractivity contribution in [3.8, 4) is 5.75 Å². The van der Waals surface area contributed by atoms with Crippen molar-refractivity contribution in [2.24, 2.45) is 0 Å². The van der Waals surface area contributed by atoms with Gasteiger partial charge in [0.1, 0.15) is 0 Å². The second kappa shape index (κ2) is 8.69. The molecule has 144 valence electrons. The van der Waals surface area contributed by atoms with Gasteiger partial charge in [0.2, 0.25) is 0 Å². The Morgan fingerprint density at radius 1 is 1.26 bits per heavy atom. The molecular formula is C18H20ClN3O4S. The lowest BCUT2D eigenvalue weighted by atomic mass is 10.2. The molecule has 0 radical (unpaired) electrons. The second-order valence-corrected chi connectivity index (χ2v) is 8.18. The monoisotopic (exact) mass is 409 g/mol. The fraction of sp³-hybridized carbons (Fsp3) is 0.389. The van der Waals surface area contributed by atoms with Crippen molar-refractivity contribution < 1.29 is 14.5 Å². The molecule has 1 aromatic heterocycles. The SMILES string of the molecule is Cc1ccc(OCC(=O)N2CCN(Cc3ccc(Cl)s3)CC2)c([N+](=O)[O-])c1. The molecule has 1 aliphatic rings. The lowest BCUT2D eigenvalue weighted by Gasteiger charge is -2.34. The fourth-order valence-electron chi connectivity index (χ4n) is 2.94. The summed E-state index contributed by atoms with van der Waals surface area (Å²) >= 11 is 7.53. The van der Waals surface area contributed by atoms with E-state index in [0.29, 0.717) is 13.1 Å². The van der Waals surface area contributed by atoms with Crippen LogP contribution in [0, 0.1) is 17.0 Å². The van der Waals surface area contributed by atoms with Crippen LogP contribution in [-0.4, -0.2) is 53.4 Å². The number of benzene rings is 1. The van der Waals surface area contributed by atoms with Gasteiger partial charge < -0.3 is 9.64 Å². The minimum absolute atomic E-state index is 0.118. The van der Waals surface area contributed by atoms with Gasteiger partial charge in [-0.15, -0.1) is 11.3 Å². The molecule has 1 aromatic carbocycles. The molecule has 0 N–H and O–H groups in total. The summed E-state index contributed by atoms with van der Waals surface area (Å²) in [7, 11) is 0. The summed E-state index contributed by atoms with van der Waals surface area (Å²) in [6.45, 7) is 5.15. The zero-order valence-corrected chi connectivity index (χ0v) is 16.5. The zero-order chi connectivity index (χ0) is 19.4. The Bertz CT molecular complexity index is 834. The van der Waals surface area contributed by atoms with Gasteiger partial charge >= 0.3 is 5.69 Å². The van der Waals surface area contributed by atoms with Crippen LogP contribution in [0.5, 0.6) is 5.75 Å². The van der Waals surface area contributed by atoms with Crippen LogP contribution in [0.25, 0.3) is 0 Å². The smallest absolute Gasteiger partial charge is 0.311 e. The topological polar surface area (TPSA) is 75.9 Å². The average molecular weight is 410 g/mol. The fourth-order valence-corrected chi connectivity index (χ4v) is 4.07. The minimum Gasteiger partial charge on any atom is -0.477 e. The molecule has 2 aromatic rings. The van der Waals surface area contributed by atoms with Crippen molar-refractivity contribution in [3.63, 3.8) is 0 Å². The van der Waals surface area contributed by atoms with Gasteiger partial charge in [0, 0.05) is 43.7 Å². The lowest BCUT2D eigenvalue weighted by molar-refractivity contribution is -0.385. The summed E-state index contributed by atoms with van der Waals surface area (Å²) < 4.78 is 6.21. The third kappa shape index (κ3) is 5.18. The summed E-state index contributed by atoms with van der Waals surface area (Å²) in [6.07, 6.45) is 0. The van der Waals surface area contributed by atoms with Crippen LogP contribution in [0.2, 0.25) is 4.34 Å². The van der Waals surface area contributed by atoms with Gasteiger partial charge in [0.15, 0.2) is 12.4 Å². The number of carbonyl (C=O) groups excluding carboxylic acids is 1. The largest absolute Gasteiger partial charge is 0.477 e. The maximum atomic E-state index is 12.4. The number of aryl methyl sites for hydroxylation is 1. The number of nitro groups is 1. The number of ether oxygens (including phenoxy) is 1. The Hall–Kier alpha value is -2.16. The van der Waals surface area contributed by atoms with Crippen LogP contribution in [0.15, 0.2) is 30.3 Å². The molecular weight excluding hydrogens is 390 g/mol. The van der Waals surface area contributed by atoms with Crippen molar-refractivity contribution in [2.45, 2.75) is 13.5 Å². The van der Waals surface area contributed by atoms with Crippen molar-refractivity contribution >= 4 is 34.5 Å². The van der Waals surface area contributed by atoms with Crippen LogP contribution in [0.3, 0.4) is 0 Å². The molecule has 1 amide bonds. The molecule has 2 heterocycles. The second-order valence-electron chi connectivity index (χ2n) is 6.38. The molecule has 27 heavy (non-hydrogen) atoms. The van der Waals surface area contributed by atoms with E-state index in [2.05, 4.69) is 4.90 Å². The van der Waals surface area contributed by atoms with Crippen molar-refractivity contribution in [1.29, 1.82) is 0 Å². The molecule has 0 spiro atoms. The Kier molecular flexibility index (Phi) is 6.30. The molecule has 0 aliphatic carbocycles. The first-order valence-electron chi connectivity index (χ1n) is 8.54. The number of piperazine rings is 1. The highest BCUT2D eigenvalue weighted by molar-refractivity contribution is 7.16. The summed E-state index contributed by atoms with van der Waals surface area (Å²) in [5.41, 5.74) is 0.644. The Balaban J connectivity index is 1.49. The summed E-state index contributed by atoms with van der Waals surface area (Å²) in [6, 6.07) is 8.61. The Morgan fingerprint density at radius 2 is 2.00 bits per heavy atom. The first-order chi connectivity index (χ1) is 12.9. The van der Waals surface area contributed by atoms with E-state index in [4.69, 9.17) is 16.3 Å². The number of amides is 1. The third-order valence-corrected chi connectivity index (χ3v) is 5.61. The van der Waals surface area contributed by atoms with E-state index >= 15 is 0 Å². The predicted molar refractivity (Wildman–Crippen MR) is 105 cm³/mol. The van der Waals surface area contributed by atoms with E-state index in [1.54, 1.807) is 29.2 Å². The van der Waals surface area contributed by atoms with Gasteiger partial charge in [-0.05, 0) is 30.7 Å². The van der Waals surface area contributed by atoms with Crippen LogP contribution < -0.4 is 4.74 Å².